The van der Waals surface area contributed by atoms with Crippen molar-refractivity contribution in [3.63, 3.8) is 0 Å². The lowest BCUT2D eigenvalue weighted by Gasteiger charge is -2.24. The van der Waals surface area contributed by atoms with Crippen LogP contribution in [0.1, 0.15) is 41.5 Å². The van der Waals surface area contributed by atoms with E-state index in [2.05, 4.69) is 10.3 Å². The third kappa shape index (κ3) is 2.57. The van der Waals surface area contributed by atoms with Gasteiger partial charge in [0.1, 0.15) is 5.76 Å². The molecule has 0 bridgehead atoms. The first-order valence-electron chi connectivity index (χ1n) is 7.26. The number of nitrogens with zero attached hydrogens (tertiary/aromatic N) is 4. The van der Waals surface area contributed by atoms with Gasteiger partial charge < -0.3 is 9.42 Å². The van der Waals surface area contributed by atoms with E-state index < -0.39 is 0 Å². The van der Waals surface area contributed by atoms with Crippen LogP contribution in [0.4, 0.5) is 0 Å². The predicted molar refractivity (Wildman–Crippen MR) is 76.6 cm³/mol. The van der Waals surface area contributed by atoms with Crippen molar-refractivity contribution >= 4 is 5.91 Å². The van der Waals surface area contributed by atoms with Crippen LogP contribution in [0.25, 0.3) is 0 Å². The Hall–Kier alpha value is -2.11. The molecule has 6 heteroatoms. The van der Waals surface area contributed by atoms with Gasteiger partial charge >= 0.3 is 0 Å². The minimum absolute atomic E-state index is 0.135. The van der Waals surface area contributed by atoms with E-state index >= 15 is 0 Å². The van der Waals surface area contributed by atoms with Gasteiger partial charge in [-0.1, -0.05) is 5.16 Å². The van der Waals surface area contributed by atoms with Gasteiger partial charge in [-0.2, -0.15) is 5.10 Å². The fraction of sp³-hybridized carbons (Fsp3) is 0.533. The third-order valence-corrected chi connectivity index (χ3v) is 4.19. The van der Waals surface area contributed by atoms with Crippen molar-refractivity contribution in [2.45, 2.75) is 39.2 Å². The summed E-state index contributed by atoms with van der Waals surface area (Å²) in [6, 6.07) is 0.145. The average Bonchev–Trinajstić information content (AvgIpc) is 3.14. The molecular weight excluding hydrogens is 268 g/mol. The number of rotatable bonds is 3. The van der Waals surface area contributed by atoms with Gasteiger partial charge in [-0.15, -0.1) is 0 Å². The van der Waals surface area contributed by atoms with E-state index in [4.69, 9.17) is 4.52 Å². The smallest absolute Gasteiger partial charge is 0.227 e. The fourth-order valence-corrected chi connectivity index (χ4v) is 3.03. The average molecular weight is 288 g/mol. The van der Waals surface area contributed by atoms with Crippen molar-refractivity contribution in [2.75, 3.05) is 6.54 Å². The maximum Gasteiger partial charge on any atom is 0.227 e. The highest BCUT2D eigenvalue weighted by Gasteiger charge is 2.31. The number of hydrogen-bond donors (Lipinski definition) is 0. The van der Waals surface area contributed by atoms with E-state index in [-0.39, 0.29) is 11.9 Å². The number of carbonyl (C=O) groups is 1. The molecule has 1 amide bonds. The van der Waals surface area contributed by atoms with Crippen LogP contribution in [0.3, 0.4) is 0 Å². The van der Waals surface area contributed by atoms with Gasteiger partial charge in [0.25, 0.3) is 0 Å². The van der Waals surface area contributed by atoms with Crippen LogP contribution in [0.5, 0.6) is 0 Å². The number of likely N-dealkylation sites (tertiary alicyclic amines) is 1. The van der Waals surface area contributed by atoms with Crippen molar-refractivity contribution in [1.82, 2.24) is 19.8 Å². The van der Waals surface area contributed by atoms with Gasteiger partial charge in [0.15, 0.2) is 0 Å². The Morgan fingerprint density at radius 2 is 2.29 bits per heavy atom. The number of aryl methyl sites for hydroxylation is 3. The molecule has 3 rings (SSSR count). The monoisotopic (exact) mass is 288 g/mol. The molecular formula is C15H20N4O2. The van der Waals surface area contributed by atoms with E-state index in [0.717, 1.165) is 42.0 Å². The molecule has 0 radical (unpaired) electrons. The lowest BCUT2D eigenvalue weighted by atomic mass is 10.1. The second kappa shape index (κ2) is 5.35. The van der Waals surface area contributed by atoms with Crippen LogP contribution in [0, 0.1) is 13.8 Å². The Kier molecular flexibility index (Phi) is 3.53. The van der Waals surface area contributed by atoms with Crippen LogP contribution >= 0.6 is 0 Å². The highest BCUT2D eigenvalue weighted by atomic mass is 16.5. The maximum absolute atomic E-state index is 12.6. The molecule has 1 aliphatic heterocycles. The van der Waals surface area contributed by atoms with Gasteiger partial charge in [-0.05, 0) is 26.7 Å². The first kappa shape index (κ1) is 13.9. The zero-order chi connectivity index (χ0) is 15.0. The summed E-state index contributed by atoms with van der Waals surface area (Å²) in [4.78, 5) is 14.6. The second-order valence-electron chi connectivity index (χ2n) is 5.67. The highest BCUT2D eigenvalue weighted by Crippen LogP contribution is 2.32. The minimum atomic E-state index is 0.135. The molecule has 0 N–H and O–H groups in total. The van der Waals surface area contributed by atoms with E-state index in [1.165, 1.54) is 0 Å². The third-order valence-electron chi connectivity index (χ3n) is 4.19. The number of hydrogen-bond acceptors (Lipinski definition) is 4. The van der Waals surface area contributed by atoms with Crippen molar-refractivity contribution in [1.29, 1.82) is 0 Å². The molecule has 112 valence electrons. The molecule has 1 atom stereocenters. The van der Waals surface area contributed by atoms with Gasteiger partial charge in [-0.25, -0.2) is 0 Å². The van der Waals surface area contributed by atoms with E-state index in [9.17, 15) is 4.79 Å². The van der Waals surface area contributed by atoms with Crippen LogP contribution in [-0.4, -0.2) is 32.3 Å². The predicted octanol–water partition coefficient (Wildman–Crippen LogP) is 1.93. The number of aromatic nitrogens is 3. The quantitative estimate of drug-likeness (QED) is 0.865. The van der Waals surface area contributed by atoms with Crippen LogP contribution in [0.15, 0.2) is 16.9 Å². The molecule has 1 fully saturated rings. The SMILES string of the molecule is Cc1noc(C)c1CC(=O)N1CCC[C@@H]1c1cnn(C)c1. The molecule has 3 heterocycles. The molecule has 2 aromatic heterocycles. The Morgan fingerprint density at radius 1 is 1.48 bits per heavy atom. The minimum Gasteiger partial charge on any atom is -0.361 e. The largest absolute Gasteiger partial charge is 0.361 e. The molecule has 1 saturated heterocycles. The van der Waals surface area contributed by atoms with Gasteiger partial charge in [0, 0.05) is 30.9 Å². The topological polar surface area (TPSA) is 64.2 Å². The van der Waals surface area contributed by atoms with Gasteiger partial charge in [0.05, 0.1) is 24.4 Å². The molecule has 0 saturated carbocycles. The Morgan fingerprint density at radius 3 is 2.90 bits per heavy atom. The Bertz CT molecular complexity index is 639. The summed E-state index contributed by atoms with van der Waals surface area (Å²) in [5.41, 5.74) is 2.83. The van der Waals surface area contributed by atoms with Crippen LogP contribution in [0.2, 0.25) is 0 Å². The van der Waals surface area contributed by atoms with Crippen molar-refractivity contribution in [3.05, 3.63) is 35.0 Å². The Balaban J connectivity index is 1.77. The summed E-state index contributed by atoms with van der Waals surface area (Å²) in [5, 5.41) is 8.13. The van der Waals surface area contributed by atoms with Gasteiger partial charge in [0.2, 0.25) is 5.91 Å². The molecule has 6 nitrogen and oxygen atoms in total. The Labute approximate surface area is 123 Å². The van der Waals surface area contributed by atoms with E-state index in [1.54, 1.807) is 4.68 Å². The fourth-order valence-electron chi connectivity index (χ4n) is 3.03. The van der Waals surface area contributed by atoms with Crippen molar-refractivity contribution < 1.29 is 9.32 Å². The molecule has 0 aliphatic carbocycles. The summed E-state index contributed by atoms with van der Waals surface area (Å²) in [6.07, 6.45) is 6.24. The lowest BCUT2D eigenvalue weighted by Crippen LogP contribution is -2.31. The lowest BCUT2D eigenvalue weighted by molar-refractivity contribution is -0.131. The van der Waals surface area contributed by atoms with Crippen molar-refractivity contribution in [2.24, 2.45) is 7.05 Å². The molecule has 21 heavy (non-hydrogen) atoms. The van der Waals surface area contributed by atoms with E-state index in [0.29, 0.717) is 6.42 Å². The zero-order valence-electron chi connectivity index (χ0n) is 12.7. The standard InChI is InChI=1S/C15H20N4O2/c1-10-13(11(2)21-17-10)7-15(20)19-6-4-5-14(19)12-8-16-18(3)9-12/h8-9,14H,4-7H2,1-3H3/t14-/m1/s1. The summed E-state index contributed by atoms with van der Waals surface area (Å²) in [6.45, 7) is 4.54. The maximum atomic E-state index is 12.6. The summed E-state index contributed by atoms with van der Waals surface area (Å²) < 4.78 is 6.92. The summed E-state index contributed by atoms with van der Waals surface area (Å²) in [7, 11) is 1.90. The zero-order valence-corrected chi connectivity index (χ0v) is 12.7. The molecule has 0 unspecified atom stereocenters. The first-order valence-corrected chi connectivity index (χ1v) is 7.26. The summed E-state index contributed by atoms with van der Waals surface area (Å²) >= 11 is 0. The van der Waals surface area contributed by atoms with Gasteiger partial charge in [-0.3, -0.25) is 9.48 Å². The number of carbonyl (C=O) groups excluding carboxylic acids is 1. The second-order valence-corrected chi connectivity index (χ2v) is 5.67. The molecule has 0 spiro atoms. The van der Waals surface area contributed by atoms with Crippen LogP contribution in [-0.2, 0) is 18.3 Å². The normalized spacial score (nSPS) is 18.4. The highest BCUT2D eigenvalue weighted by molar-refractivity contribution is 5.80. The first-order chi connectivity index (χ1) is 10.1. The molecule has 1 aliphatic rings. The summed E-state index contributed by atoms with van der Waals surface area (Å²) in [5.74, 6) is 0.869. The van der Waals surface area contributed by atoms with Crippen molar-refractivity contribution in [3.8, 4) is 0 Å². The van der Waals surface area contributed by atoms with Crippen LogP contribution < -0.4 is 0 Å². The van der Waals surface area contributed by atoms with E-state index in [1.807, 2.05) is 38.2 Å². The molecule has 2 aromatic rings. The number of amides is 1. The molecule has 0 aromatic carbocycles.